The Bertz CT molecular complexity index is 486. The minimum Gasteiger partial charge on any atom is -0.384 e. The zero-order valence-corrected chi connectivity index (χ0v) is 13.2. The molecule has 0 bridgehead atoms. The first kappa shape index (κ1) is 16.9. The summed E-state index contributed by atoms with van der Waals surface area (Å²) < 4.78 is 30.7. The minimum atomic E-state index is -3.33. The third-order valence-electron chi connectivity index (χ3n) is 2.94. The largest absolute Gasteiger partial charge is 0.384 e. The maximum absolute atomic E-state index is 11.7. The van der Waals surface area contributed by atoms with Crippen LogP contribution >= 0.6 is 0 Å². The highest BCUT2D eigenvalue weighted by Gasteiger charge is 2.10. The van der Waals surface area contributed by atoms with Crippen molar-refractivity contribution in [2.45, 2.75) is 26.3 Å². The van der Waals surface area contributed by atoms with E-state index >= 15 is 0 Å². The molecular formula is C14H24N2O3S. The highest BCUT2D eigenvalue weighted by molar-refractivity contribution is 7.92. The van der Waals surface area contributed by atoms with Gasteiger partial charge in [0.1, 0.15) is 0 Å². The molecule has 0 fully saturated rings. The van der Waals surface area contributed by atoms with Gasteiger partial charge in [0.15, 0.2) is 0 Å². The topological polar surface area (TPSA) is 67.4 Å². The summed E-state index contributed by atoms with van der Waals surface area (Å²) in [5.74, 6) is -0.0420. The lowest BCUT2D eigenvalue weighted by molar-refractivity contribution is 0.217. The van der Waals surface area contributed by atoms with Gasteiger partial charge in [0.05, 0.1) is 12.4 Å². The first-order chi connectivity index (χ1) is 9.48. The molecule has 1 aromatic rings. The number of hydrogen-bond donors (Lipinski definition) is 2. The maximum Gasteiger partial charge on any atom is 0.234 e. The van der Waals surface area contributed by atoms with Gasteiger partial charge in [-0.2, -0.15) is 0 Å². The molecule has 1 atom stereocenters. The fraction of sp³-hybridized carbons (Fsp3) is 0.571. The molecule has 0 aliphatic carbocycles. The van der Waals surface area contributed by atoms with Gasteiger partial charge in [0.2, 0.25) is 10.0 Å². The van der Waals surface area contributed by atoms with Crippen molar-refractivity contribution >= 4 is 15.7 Å². The van der Waals surface area contributed by atoms with Gasteiger partial charge < -0.3 is 10.1 Å². The predicted octanol–water partition coefficient (Wildman–Crippen LogP) is 2.14. The summed E-state index contributed by atoms with van der Waals surface area (Å²) in [5, 5.41) is 3.39. The molecule has 0 saturated carbocycles. The van der Waals surface area contributed by atoms with E-state index in [1.165, 1.54) is 7.11 Å². The molecule has 20 heavy (non-hydrogen) atoms. The van der Waals surface area contributed by atoms with Gasteiger partial charge in [-0.1, -0.05) is 19.1 Å². The summed E-state index contributed by atoms with van der Waals surface area (Å²) in [6.45, 7) is 5.36. The smallest absolute Gasteiger partial charge is 0.234 e. The van der Waals surface area contributed by atoms with E-state index in [4.69, 9.17) is 4.74 Å². The molecule has 0 aliphatic rings. The molecule has 0 amide bonds. The Labute approximate surface area is 121 Å². The Morgan fingerprint density at radius 3 is 2.45 bits per heavy atom. The van der Waals surface area contributed by atoms with Crippen molar-refractivity contribution in [3.8, 4) is 0 Å². The molecule has 0 saturated heterocycles. The van der Waals surface area contributed by atoms with Crippen molar-refractivity contribution in [3.63, 3.8) is 0 Å². The Hall–Kier alpha value is -1.11. The van der Waals surface area contributed by atoms with Crippen LogP contribution in [0.3, 0.4) is 0 Å². The predicted molar refractivity (Wildman–Crippen MR) is 82.4 cm³/mol. The zero-order chi connectivity index (χ0) is 15.0. The summed E-state index contributed by atoms with van der Waals surface area (Å²) in [6.07, 6.45) is 1.09. The van der Waals surface area contributed by atoms with Crippen molar-refractivity contribution in [1.82, 2.24) is 5.32 Å². The molecule has 114 valence electrons. The Kier molecular flexibility index (Phi) is 6.98. The van der Waals surface area contributed by atoms with Crippen LogP contribution in [0.25, 0.3) is 0 Å². The van der Waals surface area contributed by atoms with E-state index in [0.717, 1.165) is 18.5 Å². The molecule has 0 aromatic heterocycles. The molecule has 1 unspecified atom stereocenters. The fourth-order valence-electron chi connectivity index (χ4n) is 1.74. The standard InChI is InChI=1S/C14H24N2O3S/c1-4-9-15-12(2)13-5-7-14(8-6-13)16-20(17,18)11-10-19-3/h5-8,12,15-16H,4,9-11H2,1-3H3. The van der Waals surface area contributed by atoms with Gasteiger partial charge in [-0.3, -0.25) is 4.72 Å². The number of sulfonamides is 1. The lowest BCUT2D eigenvalue weighted by atomic mass is 10.1. The Morgan fingerprint density at radius 2 is 1.90 bits per heavy atom. The van der Waals surface area contributed by atoms with Crippen LogP contribution in [-0.2, 0) is 14.8 Å². The number of hydrogen-bond acceptors (Lipinski definition) is 4. The van der Waals surface area contributed by atoms with E-state index in [2.05, 4.69) is 23.9 Å². The molecule has 1 aromatic carbocycles. The Morgan fingerprint density at radius 1 is 1.25 bits per heavy atom. The second-order valence-electron chi connectivity index (χ2n) is 4.71. The number of nitrogens with one attached hydrogen (secondary N) is 2. The third kappa shape index (κ3) is 5.90. The minimum absolute atomic E-state index is 0.0420. The van der Waals surface area contributed by atoms with Crippen LogP contribution in [0.1, 0.15) is 31.9 Å². The third-order valence-corrected chi connectivity index (χ3v) is 4.19. The second-order valence-corrected chi connectivity index (χ2v) is 6.55. The highest BCUT2D eigenvalue weighted by Crippen LogP contribution is 2.17. The normalized spacial score (nSPS) is 13.2. The van der Waals surface area contributed by atoms with Crippen LogP contribution in [0.4, 0.5) is 5.69 Å². The van der Waals surface area contributed by atoms with Crippen molar-refractivity contribution in [2.24, 2.45) is 0 Å². The summed E-state index contributed by atoms with van der Waals surface area (Å²) in [7, 11) is -1.85. The van der Waals surface area contributed by atoms with Crippen LogP contribution in [0.2, 0.25) is 0 Å². The van der Waals surface area contributed by atoms with Gasteiger partial charge in [-0.15, -0.1) is 0 Å². The van der Waals surface area contributed by atoms with Crippen molar-refractivity contribution in [3.05, 3.63) is 29.8 Å². The summed E-state index contributed by atoms with van der Waals surface area (Å²) in [4.78, 5) is 0. The van der Waals surface area contributed by atoms with E-state index in [-0.39, 0.29) is 18.4 Å². The lowest BCUT2D eigenvalue weighted by Crippen LogP contribution is -2.20. The quantitative estimate of drug-likeness (QED) is 0.733. The van der Waals surface area contributed by atoms with Gasteiger partial charge >= 0.3 is 0 Å². The number of methoxy groups -OCH3 is 1. The molecule has 0 aliphatic heterocycles. The van der Waals surface area contributed by atoms with Crippen LogP contribution in [0.5, 0.6) is 0 Å². The monoisotopic (exact) mass is 300 g/mol. The lowest BCUT2D eigenvalue weighted by Gasteiger charge is -2.14. The van der Waals surface area contributed by atoms with Crippen molar-refractivity contribution < 1.29 is 13.2 Å². The summed E-state index contributed by atoms with van der Waals surface area (Å²) in [5.41, 5.74) is 1.71. The van der Waals surface area contributed by atoms with Crippen LogP contribution in [0, 0.1) is 0 Å². The van der Waals surface area contributed by atoms with Crippen molar-refractivity contribution in [1.29, 1.82) is 0 Å². The second kappa shape index (κ2) is 8.24. The summed E-state index contributed by atoms with van der Waals surface area (Å²) >= 11 is 0. The molecular weight excluding hydrogens is 276 g/mol. The van der Waals surface area contributed by atoms with E-state index in [1.807, 2.05) is 12.1 Å². The summed E-state index contributed by atoms with van der Waals surface area (Å²) in [6, 6.07) is 7.69. The molecule has 6 heteroatoms. The number of rotatable bonds is 9. The number of anilines is 1. The maximum atomic E-state index is 11.7. The van der Waals surface area contributed by atoms with E-state index in [0.29, 0.717) is 5.69 Å². The van der Waals surface area contributed by atoms with Crippen LogP contribution < -0.4 is 10.0 Å². The van der Waals surface area contributed by atoms with E-state index < -0.39 is 10.0 Å². The zero-order valence-electron chi connectivity index (χ0n) is 12.3. The number of benzene rings is 1. The number of ether oxygens (including phenoxy) is 1. The molecule has 0 radical (unpaired) electrons. The van der Waals surface area contributed by atoms with E-state index in [1.54, 1.807) is 12.1 Å². The first-order valence-electron chi connectivity index (χ1n) is 6.81. The Balaban J connectivity index is 2.62. The average molecular weight is 300 g/mol. The molecule has 1 rings (SSSR count). The van der Waals surface area contributed by atoms with Crippen molar-refractivity contribution in [2.75, 3.05) is 30.7 Å². The highest BCUT2D eigenvalue weighted by atomic mass is 32.2. The first-order valence-corrected chi connectivity index (χ1v) is 8.46. The van der Waals surface area contributed by atoms with Gasteiger partial charge in [0, 0.05) is 18.8 Å². The van der Waals surface area contributed by atoms with Gasteiger partial charge in [0.25, 0.3) is 0 Å². The van der Waals surface area contributed by atoms with Crippen LogP contribution in [-0.4, -0.2) is 34.4 Å². The fourth-order valence-corrected chi connectivity index (χ4v) is 2.73. The van der Waals surface area contributed by atoms with Gasteiger partial charge in [-0.25, -0.2) is 8.42 Å². The van der Waals surface area contributed by atoms with Crippen LogP contribution in [0.15, 0.2) is 24.3 Å². The molecule has 0 spiro atoms. The molecule has 2 N–H and O–H groups in total. The van der Waals surface area contributed by atoms with E-state index in [9.17, 15) is 8.42 Å². The van der Waals surface area contributed by atoms with Gasteiger partial charge in [-0.05, 0) is 37.6 Å². The SMILES string of the molecule is CCCNC(C)c1ccc(NS(=O)(=O)CCOC)cc1. The molecule has 0 heterocycles. The molecule has 5 nitrogen and oxygen atoms in total. The average Bonchev–Trinajstić information content (AvgIpc) is 2.43.